The first-order valence-corrected chi connectivity index (χ1v) is 6.49. The van der Waals surface area contributed by atoms with Crippen molar-refractivity contribution in [1.82, 2.24) is 5.32 Å². The van der Waals surface area contributed by atoms with E-state index in [4.69, 9.17) is 4.74 Å². The second-order valence-electron chi connectivity index (χ2n) is 4.75. The number of rotatable bonds is 3. The van der Waals surface area contributed by atoms with E-state index in [1.807, 2.05) is 6.07 Å². The number of carbonyl (C=O) groups excluding carboxylic acids is 1. The van der Waals surface area contributed by atoms with Crippen molar-refractivity contribution >= 4 is 21.8 Å². The molecule has 1 aromatic rings. The van der Waals surface area contributed by atoms with Crippen molar-refractivity contribution in [1.29, 1.82) is 0 Å². The fourth-order valence-corrected chi connectivity index (χ4v) is 2.46. The fourth-order valence-electron chi connectivity index (χ4n) is 1.99. The maximum Gasteiger partial charge on any atom is 0.251 e. The normalized spacial score (nSPS) is 17.1. The third-order valence-electron chi connectivity index (χ3n) is 3.24. The van der Waals surface area contributed by atoms with Gasteiger partial charge in [0.1, 0.15) is 5.75 Å². The van der Waals surface area contributed by atoms with E-state index in [2.05, 4.69) is 28.2 Å². The molecule has 0 atom stereocenters. The number of nitrogens with one attached hydrogen (secondary N) is 1. The molecule has 92 valence electrons. The van der Waals surface area contributed by atoms with Gasteiger partial charge in [-0.05, 0) is 44.4 Å². The highest BCUT2D eigenvalue weighted by Gasteiger charge is 2.33. The first-order valence-electron chi connectivity index (χ1n) is 5.69. The summed E-state index contributed by atoms with van der Waals surface area (Å²) in [6.45, 7) is 2.09. The van der Waals surface area contributed by atoms with Crippen molar-refractivity contribution in [3.8, 4) is 5.75 Å². The van der Waals surface area contributed by atoms with Gasteiger partial charge in [0.25, 0.3) is 5.91 Å². The van der Waals surface area contributed by atoms with Gasteiger partial charge in [0, 0.05) is 15.6 Å². The van der Waals surface area contributed by atoms with E-state index in [0.29, 0.717) is 11.3 Å². The largest absolute Gasteiger partial charge is 0.497 e. The summed E-state index contributed by atoms with van der Waals surface area (Å²) < 4.78 is 5.99. The zero-order valence-electron chi connectivity index (χ0n) is 10.0. The van der Waals surface area contributed by atoms with Crippen molar-refractivity contribution in [2.45, 2.75) is 31.7 Å². The van der Waals surface area contributed by atoms with Crippen LogP contribution in [-0.2, 0) is 0 Å². The second kappa shape index (κ2) is 4.69. The quantitative estimate of drug-likeness (QED) is 0.931. The first-order chi connectivity index (χ1) is 8.02. The molecule has 1 N–H and O–H groups in total. The standard InChI is InChI=1S/C13H16BrNO2/c1-13(4-3-5-13)15-12(16)9-6-10(14)8-11(7-9)17-2/h6-8H,3-5H2,1-2H3,(H,15,16). The molecule has 0 heterocycles. The molecular formula is C13H16BrNO2. The Morgan fingerprint density at radius 2 is 2.12 bits per heavy atom. The van der Waals surface area contributed by atoms with Gasteiger partial charge in [0.15, 0.2) is 0 Å². The van der Waals surface area contributed by atoms with E-state index in [0.717, 1.165) is 17.3 Å². The Bertz CT molecular complexity index is 441. The summed E-state index contributed by atoms with van der Waals surface area (Å²) in [5.74, 6) is 0.648. The summed E-state index contributed by atoms with van der Waals surface area (Å²) in [6.07, 6.45) is 3.31. The van der Waals surface area contributed by atoms with Gasteiger partial charge < -0.3 is 10.1 Å². The summed E-state index contributed by atoms with van der Waals surface area (Å²) in [5, 5.41) is 3.07. The highest BCUT2D eigenvalue weighted by atomic mass is 79.9. The predicted octanol–water partition coefficient (Wildman–Crippen LogP) is 3.13. The van der Waals surface area contributed by atoms with E-state index >= 15 is 0 Å². The fraction of sp³-hybridized carbons (Fsp3) is 0.462. The molecular weight excluding hydrogens is 282 g/mol. The lowest BCUT2D eigenvalue weighted by molar-refractivity contribution is 0.0850. The molecule has 1 fully saturated rings. The van der Waals surface area contributed by atoms with Gasteiger partial charge >= 0.3 is 0 Å². The van der Waals surface area contributed by atoms with Crippen LogP contribution in [0.3, 0.4) is 0 Å². The highest BCUT2D eigenvalue weighted by molar-refractivity contribution is 9.10. The van der Waals surface area contributed by atoms with Crippen LogP contribution in [0.25, 0.3) is 0 Å². The summed E-state index contributed by atoms with van der Waals surface area (Å²) >= 11 is 3.37. The number of hydrogen-bond donors (Lipinski definition) is 1. The second-order valence-corrected chi connectivity index (χ2v) is 5.66. The molecule has 0 spiro atoms. The monoisotopic (exact) mass is 297 g/mol. The van der Waals surface area contributed by atoms with Crippen LogP contribution in [0.4, 0.5) is 0 Å². The third kappa shape index (κ3) is 2.80. The Morgan fingerprint density at radius 3 is 2.65 bits per heavy atom. The van der Waals surface area contributed by atoms with Gasteiger partial charge in [-0.2, -0.15) is 0 Å². The molecule has 1 aliphatic carbocycles. The number of hydrogen-bond acceptors (Lipinski definition) is 2. The Hall–Kier alpha value is -1.03. The molecule has 1 aromatic carbocycles. The number of benzene rings is 1. The van der Waals surface area contributed by atoms with Crippen LogP contribution >= 0.6 is 15.9 Å². The minimum Gasteiger partial charge on any atom is -0.497 e. The lowest BCUT2D eigenvalue weighted by atomic mass is 9.78. The zero-order valence-corrected chi connectivity index (χ0v) is 11.6. The Kier molecular flexibility index (Phi) is 3.43. The molecule has 4 heteroatoms. The number of halogens is 1. The maximum absolute atomic E-state index is 12.1. The minimum absolute atomic E-state index is 0.0212. The third-order valence-corrected chi connectivity index (χ3v) is 3.70. The van der Waals surface area contributed by atoms with Crippen molar-refractivity contribution < 1.29 is 9.53 Å². The SMILES string of the molecule is COc1cc(Br)cc(C(=O)NC2(C)CCC2)c1. The van der Waals surface area contributed by atoms with Crippen molar-refractivity contribution in [3.63, 3.8) is 0 Å². The first kappa shape index (κ1) is 12.4. The maximum atomic E-state index is 12.1. The molecule has 0 aromatic heterocycles. The van der Waals surface area contributed by atoms with Crippen LogP contribution in [0.2, 0.25) is 0 Å². The van der Waals surface area contributed by atoms with E-state index in [-0.39, 0.29) is 11.4 Å². The van der Waals surface area contributed by atoms with E-state index < -0.39 is 0 Å². The average molecular weight is 298 g/mol. The molecule has 0 bridgehead atoms. The lowest BCUT2D eigenvalue weighted by Crippen LogP contribution is -2.50. The number of ether oxygens (including phenoxy) is 1. The summed E-state index contributed by atoms with van der Waals surface area (Å²) in [7, 11) is 1.59. The smallest absolute Gasteiger partial charge is 0.251 e. The van der Waals surface area contributed by atoms with Crippen LogP contribution < -0.4 is 10.1 Å². The van der Waals surface area contributed by atoms with Gasteiger partial charge in [-0.3, -0.25) is 4.79 Å². The van der Waals surface area contributed by atoms with Crippen LogP contribution in [-0.4, -0.2) is 18.6 Å². The van der Waals surface area contributed by atoms with Gasteiger partial charge in [0.05, 0.1) is 7.11 Å². The molecule has 1 amide bonds. The number of carbonyl (C=O) groups is 1. The molecule has 0 saturated heterocycles. The molecule has 0 radical (unpaired) electrons. The number of amides is 1. The van der Waals surface area contributed by atoms with Crippen molar-refractivity contribution in [2.24, 2.45) is 0 Å². The van der Waals surface area contributed by atoms with E-state index in [1.165, 1.54) is 6.42 Å². The molecule has 2 rings (SSSR count). The number of methoxy groups -OCH3 is 1. The van der Waals surface area contributed by atoms with Gasteiger partial charge in [-0.15, -0.1) is 0 Å². The van der Waals surface area contributed by atoms with Crippen LogP contribution in [0.1, 0.15) is 36.5 Å². The van der Waals surface area contributed by atoms with E-state index in [9.17, 15) is 4.79 Å². The van der Waals surface area contributed by atoms with Crippen LogP contribution in [0, 0.1) is 0 Å². The zero-order chi connectivity index (χ0) is 12.5. The van der Waals surface area contributed by atoms with Crippen LogP contribution in [0.15, 0.2) is 22.7 Å². The van der Waals surface area contributed by atoms with Gasteiger partial charge in [-0.1, -0.05) is 15.9 Å². The molecule has 1 aliphatic rings. The van der Waals surface area contributed by atoms with Gasteiger partial charge in [-0.25, -0.2) is 0 Å². The average Bonchev–Trinajstić information content (AvgIpc) is 2.26. The molecule has 3 nitrogen and oxygen atoms in total. The van der Waals surface area contributed by atoms with Crippen molar-refractivity contribution in [2.75, 3.05) is 7.11 Å². The van der Waals surface area contributed by atoms with Gasteiger partial charge in [0.2, 0.25) is 0 Å². The predicted molar refractivity (Wildman–Crippen MR) is 70.4 cm³/mol. The van der Waals surface area contributed by atoms with Crippen molar-refractivity contribution in [3.05, 3.63) is 28.2 Å². The Labute approximate surface area is 110 Å². The Balaban J connectivity index is 2.15. The summed E-state index contributed by atoms with van der Waals surface area (Å²) in [6, 6.07) is 5.39. The van der Waals surface area contributed by atoms with E-state index in [1.54, 1.807) is 19.2 Å². The molecule has 1 saturated carbocycles. The minimum atomic E-state index is -0.0354. The molecule has 17 heavy (non-hydrogen) atoms. The summed E-state index contributed by atoms with van der Waals surface area (Å²) in [4.78, 5) is 12.1. The Morgan fingerprint density at radius 1 is 1.41 bits per heavy atom. The van der Waals surface area contributed by atoms with Crippen LogP contribution in [0.5, 0.6) is 5.75 Å². The molecule has 0 unspecified atom stereocenters. The lowest BCUT2D eigenvalue weighted by Gasteiger charge is -2.39. The topological polar surface area (TPSA) is 38.3 Å². The molecule has 0 aliphatic heterocycles. The summed E-state index contributed by atoms with van der Waals surface area (Å²) in [5.41, 5.74) is 0.608. The highest BCUT2D eigenvalue weighted by Crippen LogP contribution is 2.31.